The first kappa shape index (κ1) is 6.59. The summed E-state index contributed by atoms with van der Waals surface area (Å²) in [6, 6.07) is 0. The molecule has 1 N–H and O–H groups in total. The number of amides is 1. The van der Waals surface area contributed by atoms with E-state index in [1.807, 2.05) is 13.8 Å². The van der Waals surface area contributed by atoms with Crippen LogP contribution in [0.5, 0.6) is 0 Å². The molecule has 1 aliphatic heterocycles. The topological polar surface area (TPSA) is 29.1 Å². The molecule has 2 fully saturated rings. The molecule has 1 saturated carbocycles. The van der Waals surface area contributed by atoms with Crippen LogP contribution < -0.4 is 5.32 Å². The predicted octanol–water partition coefficient (Wildman–Crippen LogP) is 0.778. The van der Waals surface area contributed by atoms with Crippen LogP contribution in [0.3, 0.4) is 0 Å². The fourth-order valence-corrected chi connectivity index (χ4v) is 1.16. The van der Waals surface area contributed by atoms with Gasteiger partial charge in [-0.15, -0.1) is 0 Å². The van der Waals surface area contributed by atoms with Crippen LogP contribution in [-0.4, -0.2) is 12.5 Å². The van der Waals surface area contributed by atoms with E-state index in [9.17, 15) is 4.79 Å². The molecule has 2 nitrogen and oxygen atoms in total. The zero-order chi connectivity index (χ0) is 6.85. The Hall–Kier alpha value is -0.530. The lowest BCUT2D eigenvalue weighted by atomic mass is 10.4. The lowest BCUT2D eigenvalue weighted by Gasteiger charge is -1.89. The minimum atomic E-state index is 0.282. The highest BCUT2D eigenvalue weighted by molar-refractivity contribution is 5.84. The van der Waals surface area contributed by atoms with Crippen molar-refractivity contribution in [1.82, 2.24) is 5.32 Å². The maximum Gasteiger partial charge on any atom is 0.223 e. The molecular formula is C7H13NO. The van der Waals surface area contributed by atoms with Crippen molar-refractivity contribution in [2.75, 3.05) is 6.54 Å². The molecule has 9 heavy (non-hydrogen) atoms. The van der Waals surface area contributed by atoms with Crippen molar-refractivity contribution in [1.29, 1.82) is 0 Å². The van der Waals surface area contributed by atoms with Gasteiger partial charge in [-0.25, -0.2) is 0 Å². The molecule has 2 rings (SSSR count). The molecule has 1 saturated heterocycles. The van der Waals surface area contributed by atoms with Gasteiger partial charge in [-0.05, 0) is 12.3 Å². The van der Waals surface area contributed by atoms with Crippen LogP contribution in [0, 0.1) is 11.8 Å². The van der Waals surface area contributed by atoms with Crippen LogP contribution in [0.1, 0.15) is 20.3 Å². The second-order valence-corrected chi connectivity index (χ2v) is 2.35. The number of piperidine rings is 1. The van der Waals surface area contributed by atoms with E-state index >= 15 is 0 Å². The number of hydrogen-bond acceptors (Lipinski definition) is 1. The highest BCUT2D eigenvalue weighted by Gasteiger charge is 2.47. The fraction of sp³-hybridized carbons (Fsp3) is 0.857. The number of hydrogen-bond donors (Lipinski definition) is 1. The van der Waals surface area contributed by atoms with E-state index < -0.39 is 0 Å². The van der Waals surface area contributed by atoms with Gasteiger partial charge in [0, 0.05) is 12.5 Å². The third-order valence-electron chi connectivity index (χ3n) is 1.80. The Labute approximate surface area is 55.6 Å². The molecule has 0 aromatic carbocycles. The molecule has 1 heterocycles. The van der Waals surface area contributed by atoms with Crippen molar-refractivity contribution in [3.05, 3.63) is 0 Å². The monoisotopic (exact) mass is 127 g/mol. The summed E-state index contributed by atoms with van der Waals surface area (Å²) in [5.41, 5.74) is 0. The van der Waals surface area contributed by atoms with Gasteiger partial charge in [0.05, 0.1) is 0 Å². The lowest BCUT2D eigenvalue weighted by molar-refractivity contribution is -0.120. The zero-order valence-corrected chi connectivity index (χ0v) is 5.98. The average molecular weight is 127 g/mol. The largest absolute Gasteiger partial charge is 0.356 e. The number of rotatable bonds is 0. The van der Waals surface area contributed by atoms with Crippen LogP contribution in [0.15, 0.2) is 0 Å². The average Bonchev–Trinajstić information content (AvgIpc) is 2.61. The maximum absolute atomic E-state index is 10.5. The standard InChI is InChI=1S/C5H7NO.C2H6/c7-5-4-1-3(4)2-6-5;1-2/h3-4H,1-2H2,(H,6,7);1-2H3. The normalized spacial score (nSPS) is 36.0. The predicted molar refractivity (Wildman–Crippen MR) is 36.0 cm³/mol. The Morgan fingerprint density at radius 3 is 2.33 bits per heavy atom. The fourth-order valence-electron chi connectivity index (χ4n) is 1.16. The quantitative estimate of drug-likeness (QED) is 0.512. The maximum atomic E-state index is 10.5. The smallest absolute Gasteiger partial charge is 0.223 e. The summed E-state index contributed by atoms with van der Waals surface area (Å²) in [6.07, 6.45) is 1.16. The van der Waals surface area contributed by atoms with E-state index in [4.69, 9.17) is 0 Å². The molecule has 2 heteroatoms. The van der Waals surface area contributed by atoms with Crippen LogP contribution in [0.25, 0.3) is 0 Å². The molecule has 0 aromatic heterocycles. The number of carbonyl (C=O) groups excluding carboxylic acids is 1. The number of nitrogens with one attached hydrogen (secondary N) is 1. The van der Waals surface area contributed by atoms with Gasteiger partial charge in [0.25, 0.3) is 0 Å². The van der Waals surface area contributed by atoms with Gasteiger partial charge in [0.2, 0.25) is 5.91 Å². The molecule has 1 aliphatic carbocycles. The van der Waals surface area contributed by atoms with E-state index in [0.29, 0.717) is 5.92 Å². The molecule has 0 spiro atoms. The second-order valence-electron chi connectivity index (χ2n) is 2.35. The lowest BCUT2D eigenvalue weighted by Crippen LogP contribution is -2.18. The molecule has 0 aromatic rings. The van der Waals surface area contributed by atoms with Crippen molar-refractivity contribution in [2.45, 2.75) is 20.3 Å². The van der Waals surface area contributed by atoms with Crippen LogP contribution >= 0.6 is 0 Å². The van der Waals surface area contributed by atoms with Crippen LogP contribution in [-0.2, 0) is 4.79 Å². The summed E-state index contributed by atoms with van der Waals surface area (Å²) in [7, 11) is 0. The molecular weight excluding hydrogens is 114 g/mol. The van der Waals surface area contributed by atoms with E-state index in [-0.39, 0.29) is 5.91 Å². The van der Waals surface area contributed by atoms with Crippen molar-refractivity contribution in [3.8, 4) is 0 Å². The molecule has 0 radical (unpaired) electrons. The van der Waals surface area contributed by atoms with Crippen molar-refractivity contribution >= 4 is 5.91 Å². The third-order valence-corrected chi connectivity index (χ3v) is 1.80. The van der Waals surface area contributed by atoms with Gasteiger partial charge >= 0.3 is 0 Å². The summed E-state index contributed by atoms with van der Waals surface area (Å²) in [4.78, 5) is 10.5. The summed E-state index contributed by atoms with van der Waals surface area (Å²) >= 11 is 0. The minimum absolute atomic E-state index is 0.282. The van der Waals surface area contributed by atoms with Gasteiger partial charge in [0.1, 0.15) is 0 Å². The Kier molecular flexibility index (Phi) is 1.74. The number of fused-ring (bicyclic) bond motifs is 1. The van der Waals surface area contributed by atoms with Gasteiger partial charge in [-0.2, -0.15) is 0 Å². The molecule has 0 bridgehead atoms. The second kappa shape index (κ2) is 2.38. The first-order chi connectivity index (χ1) is 4.38. The Bertz CT molecular complexity index is 122. The SMILES string of the molecule is CC.O=C1NCC2CC12. The first-order valence-corrected chi connectivity index (χ1v) is 3.65. The van der Waals surface area contributed by atoms with E-state index in [2.05, 4.69) is 5.32 Å². The van der Waals surface area contributed by atoms with Crippen LogP contribution in [0.4, 0.5) is 0 Å². The molecule has 2 aliphatic rings. The Morgan fingerprint density at radius 2 is 2.22 bits per heavy atom. The first-order valence-electron chi connectivity index (χ1n) is 3.65. The zero-order valence-electron chi connectivity index (χ0n) is 5.98. The molecule has 1 amide bonds. The summed E-state index contributed by atoms with van der Waals surface area (Å²) in [5, 5.41) is 2.78. The van der Waals surface area contributed by atoms with E-state index in [1.165, 1.54) is 0 Å². The van der Waals surface area contributed by atoms with E-state index in [0.717, 1.165) is 18.9 Å². The van der Waals surface area contributed by atoms with Gasteiger partial charge < -0.3 is 5.32 Å². The number of carbonyl (C=O) groups is 1. The van der Waals surface area contributed by atoms with Crippen molar-refractivity contribution in [2.24, 2.45) is 11.8 Å². The molecule has 52 valence electrons. The van der Waals surface area contributed by atoms with Gasteiger partial charge in [-0.3, -0.25) is 4.79 Å². The highest BCUT2D eigenvalue weighted by atomic mass is 16.2. The summed E-state index contributed by atoms with van der Waals surface area (Å²) in [5.74, 6) is 1.44. The van der Waals surface area contributed by atoms with Gasteiger partial charge in [-0.1, -0.05) is 13.8 Å². The van der Waals surface area contributed by atoms with Crippen molar-refractivity contribution < 1.29 is 4.79 Å². The Balaban J connectivity index is 0.000000186. The Morgan fingerprint density at radius 1 is 1.56 bits per heavy atom. The minimum Gasteiger partial charge on any atom is -0.356 e. The molecule has 2 atom stereocenters. The summed E-state index contributed by atoms with van der Waals surface area (Å²) in [6.45, 7) is 4.95. The van der Waals surface area contributed by atoms with Gasteiger partial charge in [0.15, 0.2) is 0 Å². The van der Waals surface area contributed by atoms with E-state index in [1.54, 1.807) is 0 Å². The molecule has 2 unspecified atom stereocenters. The summed E-state index contributed by atoms with van der Waals surface area (Å²) < 4.78 is 0. The highest BCUT2D eigenvalue weighted by Crippen LogP contribution is 2.41. The van der Waals surface area contributed by atoms with Crippen LogP contribution in [0.2, 0.25) is 0 Å². The third kappa shape index (κ3) is 1.07. The van der Waals surface area contributed by atoms with Crippen molar-refractivity contribution in [3.63, 3.8) is 0 Å².